The van der Waals surface area contributed by atoms with Crippen LogP contribution in [0.1, 0.15) is 34.7 Å². The summed E-state index contributed by atoms with van der Waals surface area (Å²) >= 11 is 1.67. The van der Waals surface area contributed by atoms with Crippen LogP contribution < -0.4 is 4.74 Å². The van der Waals surface area contributed by atoms with Crippen molar-refractivity contribution in [1.29, 1.82) is 0 Å². The molecule has 0 fully saturated rings. The van der Waals surface area contributed by atoms with Crippen molar-refractivity contribution in [2.75, 3.05) is 6.61 Å². The van der Waals surface area contributed by atoms with Crippen molar-refractivity contribution in [3.63, 3.8) is 0 Å². The predicted molar refractivity (Wildman–Crippen MR) is 77.9 cm³/mol. The summed E-state index contributed by atoms with van der Waals surface area (Å²) in [7, 11) is 0. The minimum atomic E-state index is -0.437. The third-order valence-corrected chi connectivity index (χ3v) is 4.11. The van der Waals surface area contributed by atoms with Crippen molar-refractivity contribution in [2.45, 2.75) is 33.3 Å². The molecule has 1 unspecified atom stereocenters. The summed E-state index contributed by atoms with van der Waals surface area (Å²) in [6.45, 7) is 6.44. The number of aliphatic hydroxyl groups is 1. The summed E-state index contributed by atoms with van der Waals surface area (Å²) in [5.41, 5.74) is 4.94. The highest BCUT2D eigenvalue weighted by Crippen LogP contribution is 2.23. The molecule has 2 aromatic rings. The smallest absolute Gasteiger partial charge is 0.122 e. The van der Waals surface area contributed by atoms with Crippen LogP contribution in [0, 0.1) is 13.8 Å². The van der Waals surface area contributed by atoms with Crippen molar-refractivity contribution in [1.82, 2.24) is 4.98 Å². The molecule has 1 atom stereocenters. The fraction of sp³-hybridized carbons (Fsp3) is 0.400. The fourth-order valence-corrected chi connectivity index (χ4v) is 2.68. The Labute approximate surface area is 117 Å². The second-order valence-electron chi connectivity index (χ2n) is 4.66. The normalized spacial score (nSPS) is 12.4. The van der Waals surface area contributed by atoms with Gasteiger partial charge in [-0.25, -0.2) is 4.98 Å². The first-order valence-corrected chi connectivity index (χ1v) is 7.26. The molecule has 0 aliphatic rings. The van der Waals surface area contributed by atoms with E-state index in [1.165, 1.54) is 4.88 Å². The Hall–Kier alpha value is -1.39. The average Bonchev–Trinajstić information content (AvgIpc) is 2.77. The first-order chi connectivity index (χ1) is 9.08. The zero-order chi connectivity index (χ0) is 13.8. The molecule has 19 heavy (non-hydrogen) atoms. The third-order valence-electron chi connectivity index (χ3n) is 3.11. The molecule has 0 saturated carbocycles. The van der Waals surface area contributed by atoms with E-state index in [1.807, 2.05) is 37.6 Å². The fourth-order valence-electron chi connectivity index (χ4n) is 1.91. The van der Waals surface area contributed by atoms with Crippen molar-refractivity contribution in [3.05, 3.63) is 45.4 Å². The summed E-state index contributed by atoms with van der Waals surface area (Å²) in [5.74, 6) is 0.881. The summed E-state index contributed by atoms with van der Waals surface area (Å²) in [5, 5.41) is 9.52. The van der Waals surface area contributed by atoms with Crippen LogP contribution in [-0.2, 0) is 6.42 Å². The van der Waals surface area contributed by atoms with Gasteiger partial charge in [-0.3, -0.25) is 0 Å². The first-order valence-electron chi connectivity index (χ1n) is 6.38. The molecular weight excluding hydrogens is 258 g/mol. The van der Waals surface area contributed by atoms with Gasteiger partial charge in [0.1, 0.15) is 5.75 Å². The number of thiazole rings is 1. The summed E-state index contributed by atoms with van der Waals surface area (Å²) < 4.78 is 5.80. The van der Waals surface area contributed by atoms with E-state index in [4.69, 9.17) is 4.74 Å². The van der Waals surface area contributed by atoms with Crippen molar-refractivity contribution >= 4 is 11.3 Å². The lowest BCUT2D eigenvalue weighted by molar-refractivity contribution is 0.199. The Bertz CT molecular complexity index is 549. The molecule has 0 aliphatic carbocycles. The van der Waals surface area contributed by atoms with Gasteiger partial charge in [0, 0.05) is 11.3 Å². The van der Waals surface area contributed by atoms with Gasteiger partial charge in [-0.1, -0.05) is 6.07 Å². The molecule has 102 valence electrons. The lowest BCUT2D eigenvalue weighted by Crippen LogP contribution is -2.03. The maximum atomic E-state index is 9.52. The maximum absolute atomic E-state index is 9.52. The molecule has 1 aromatic heterocycles. The molecule has 0 saturated heterocycles. The predicted octanol–water partition coefficient (Wildman–Crippen LogP) is 3.43. The van der Waals surface area contributed by atoms with Gasteiger partial charge in [0.15, 0.2) is 0 Å². The molecule has 0 bridgehead atoms. The van der Waals surface area contributed by atoms with Crippen molar-refractivity contribution in [3.8, 4) is 5.75 Å². The SMILES string of the molecule is Cc1cc(C(C)O)ccc1OCCc1scnc1C. The molecule has 1 N–H and O–H groups in total. The molecule has 0 aliphatic heterocycles. The highest BCUT2D eigenvalue weighted by atomic mass is 32.1. The Morgan fingerprint density at radius 2 is 2.16 bits per heavy atom. The molecule has 0 amide bonds. The van der Waals surface area contributed by atoms with E-state index in [-0.39, 0.29) is 0 Å². The first kappa shape index (κ1) is 14.0. The van der Waals surface area contributed by atoms with Gasteiger partial charge in [0.25, 0.3) is 0 Å². The van der Waals surface area contributed by atoms with Crippen LogP contribution >= 0.6 is 11.3 Å². The van der Waals surface area contributed by atoms with Gasteiger partial charge in [-0.2, -0.15) is 0 Å². The number of ether oxygens (including phenoxy) is 1. The Kier molecular flexibility index (Phi) is 4.56. The quantitative estimate of drug-likeness (QED) is 0.910. The number of aryl methyl sites for hydroxylation is 2. The molecule has 0 radical (unpaired) electrons. The standard InChI is InChI=1S/C15H19NO2S/c1-10-8-13(12(3)17)4-5-14(10)18-7-6-15-11(2)16-9-19-15/h4-5,8-9,12,17H,6-7H2,1-3H3. The van der Waals surface area contributed by atoms with Gasteiger partial charge in [-0.15, -0.1) is 11.3 Å². The molecular formula is C15H19NO2S. The van der Waals surface area contributed by atoms with Crippen LogP contribution in [0.25, 0.3) is 0 Å². The van der Waals surface area contributed by atoms with Crippen molar-refractivity contribution < 1.29 is 9.84 Å². The topological polar surface area (TPSA) is 42.4 Å². The molecule has 2 rings (SSSR count). The summed E-state index contributed by atoms with van der Waals surface area (Å²) in [6, 6.07) is 5.81. The van der Waals surface area contributed by atoms with E-state index >= 15 is 0 Å². The van der Waals surface area contributed by atoms with E-state index in [0.717, 1.165) is 29.0 Å². The van der Waals surface area contributed by atoms with Crippen LogP contribution in [0.2, 0.25) is 0 Å². The number of hydrogen-bond donors (Lipinski definition) is 1. The number of aromatic nitrogens is 1. The monoisotopic (exact) mass is 277 g/mol. The average molecular weight is 277 g/mol. The summed E-state index contributed by atoms with van der Waals surface area (Å²) in [4.78, 5) is 5.50. The third kappa shape index (κ3) is 3.55. The van der Waals surface area contributed by atoms with Gasteiger partial charge in [-0.05, 0) is 44.0 Å². The Morgan fingerprint density at radius 1 is 1.37 bits per heavy atom. The lowest BCUT2D eigenvalue weighted by atomic mass is 10.1. The van der Waals surface area contributed by atoms with E-state index in [0.29, 0.717) is 6.61 Å². The number of benzene rings is 1. The van der Waals surface area contributed by atoms with Crippen LogP contribution in [0.15, 0.2) is 23.7 Å². The second kappa shape index (κ2) is 6.17. The minimum absolute atomic E-state index is 0.437. The molecule has 1 heterocycles. The van der Waals surface area contributed by atoms with Crippen LogP contribution in [-0.4, -0.2) is 16.7 Å². The van der Waals surface area contributed by atoms with E-state index < -0.39 is 6.10 Å². The highest BCUT2D eigenvalue weighted by Gasteiger charge is 2.06. The number of rotatable bonds is 5. The molecule has 4 heteroatoms. The van der Waals surface area contributed by atoms with Gasteiger partial charge < -0.3 is 9.84 Å². The Morgan fingerprint density at radius 3 is 2.74 bits per heavy atom. The number of aliphatic hydroxyl groups excluding tert-OH is 1. The van der Waals surface area contributed by atoms with E-state index in [2.05, 4.69) is 4.98 Å². The van der Waals surface area contributed by atoms with Gasteiger partial charge >= 0.3 is 0 Å². The van der Waals surface area contributed by atoms with Crippen molar-refractivity contribution in [2.24, 2.45) is 0 Å². The van der Waals surface area contributed by atoms with E-state index in [9.17, 15) is 5.11 Å². The van der Waals surface area contributed by atoms with Gasteiger partial charge in [0.05, 0.1) is 23.9 Å². The lowest BCUT2D eigenvalue weighted by Gasteiger charge is -2.11. The zero-order valence-corrected chi connectivity index (χ0v) is 12.3. The summed E-state index contributed by atoms with van der Waals surface area (Å²) in [6.07, 6.45) is 0.446. The van der Waals surface area contributed by atoms with Crippen LogP contribution in [0.4, 0.5) is 0 Å². The second-order valence-corrected chi connectivity index (χ2v) is 5.60. The molecule has 0 spiro atoms. The highest BCUT2D eigenvalue weighted by molar-refractivity contribution is 7.09. The van der Waals surface area contributed by atoms with Crippen LogP contribution in [0.3, 0.4) is 0 Å². The van der Waals surface area contributed by atoms with Gasteiger partial charge in [0.2, 0.25) is 0 Å². The Balaban J connectivity index is 1.95. The largest absolute Gasteiger partial charge is 0.493 e. The number of nitrogens with zero attached hydrogens (tertiary/aromatic N) is 1. The van der Waals surface area contributed by atoms with Crippen LogP contribution in [0.5, 0.6) is 5.75 Å². The van der Waals surface area contributed by atoms with E-state index in [1.54, 1.807) is 18.3 Å². The number of hydrogen-bond acceptors (Lipinski definition) is 4. The molecule has 3 nitrogen and oxygen atoms in total. The molecule has 1 aromatic carbocycles. The zero-order valence-electron chi connectivity index (χ0n) is 11.5. The maximum Gasteiger partial charge on any atom is 0.122 e. The minimum Gasteiger partial charge on any atom is -0.493 e.